The van der Waals surface area contributed by atoms with E-state index in [0.29, 0.717) is 12.0 Å². The Kier molecular flexibility index (Phi) is 8.84. The Morgan fingerprint density at radius 2 is 1.67 bits per heavy atom. The molecule has 138 valence electrons. The number of halogens is 3. The van der Waals surface area contributed by atoms with Crippen LogP contribution >= 0.6 is 34.8 Å². The van der Waals surface area contributed by atoms with E-state index < -0.39 is 19.8 Å². The first kappa shape index (κ1) is 22.0. The zero-order valence-corrected chi connectivity index (χ0v) is 17.1. The van der Waals surface area contributed by atoms with E-state index in [-0.39, 0.29) is 4.90 Å². The average Bonchev–Trinajstić information content (AvgIpc) is 2.43. The van der Waals surface area contributed by atoms with Crippen LogP contribution in [0.2, 0.25) is 0 Å². The lowest BCUT2D eigenvalue weighted by atomic mass is 9.93. The van der Waals surface area contributed by atoms with Crippen molar-refractivity contribution in [2.75, 3.05) is 0 Å². The second kappa shape index (κ2) is 9.63. The van der Waals surface area contributed by atoms with Gasteiger partial charge in [-0.15, -0.1) is 0 Å². The maximum atomic E-state index is 11.7. The summed E-state index contributed by atoms with van der Waals surface area (Å²) in [6, 6.07) is 4.66. The van der Waals surface area contributed by atoms with Crippen LogP contribution < -0.4 is 0 Å². The van der Waals surface area contributed by atoms with Gasteiger partial charge >= 0.3 is 0 Å². The Hall–Kier alpha value is -0.000000000000000111. The molecule has 0 heterocycles. The summed E-state index contributed by atoms with van der Waals surface area (Å²) >= 11 is 18.4. The van der Waals surface area contributed by atoms with Gasteiger partial charge < -0.3 is 0 Å². The van der Waals surface area contributed by atoms with E-state index >= 15 is 0 Å². The van der Waals surface area contributed by atoms with Gasteiger partial charge in [0, 0.05) is 5.92 Å². The molecule has 0 aliphatic heterocycles. The van der Waals surface area contributed by atoms with Crippen LogP contribution in [0.25, 0.3) is 0 Å². The van der Waals surface area contributed by atoms with Gasteiger partial charge in [-0.2, -0.15) is 8.42 Å². The Balaban J connectivity index is 3.00. The monoisotopic (exact) mass is 414 g/mol. The molecule has 0 radical (unpaired) electrons. The number of hydrogen-bond donors (Lipinski definition) is 1. The van der Waals surface area contributed by atoms with Crippen LogP contribution in [0.15, 0.2) is 23.1 Å². The SMILES string of the molecule is CCCCCCCCC(c1cc(C)ccc1S(=O)(=O)O)C(Cl)(Cl)Cl. The minimum atomic E-state index is -4.37. The van der Waals surface area contributed by atoms with Crippen LogP contribution in [0.5, 0.6) is 0 Å². The summed E-state index contributed by atoms with van der Waals surface area (Å²) in [5, 5.41) is 0. The standard InChI is InChI=1S/C17H25Cl3O3S/c1-3-4-5-6-7-8-9-15(17(18,19)20)14-12-13(2)10-11-16(14)24(21,22)23/h10-12,15H,3-9H2,1-2H3,(H,21,22,23). The van der Waals surface area contributed by atoms with Crippen molar-refractivity contribution < 1.29 is 13.0 Å². The summed E-state index contributed by atoms with van der Waals surface area (Å²) in [4.78, 5) is -0.185. The molecule has 0 saturated heterocycles. The molecule has 1 aromatic rings. The van der Waals surface area contributed by atoms with Crippen molar-refractivity contribution in [2.45, 2.75) is 73.4 Å². The molecule has 0 amide bonds. The second-order valence-electron chi connectivity index (χ2n) is 6.17. The van der Waals surface area contributed by atoms with E-state index in [1.54, 1.807) is 12.1 Å². The number of alkyl halides is 3. The van der Waals surface area contributed by atoms with Crippen molar-refractivity contribution in [1.29, 1.82) is 0 Å². The molecular weight excluding hydrogens is 391 g/mol. The Morgan fingerprint density at radius 3 is 2.21 bits per heavy atom. The van der Waals surface area contributed by atoms with Crippen molar-refractivity contribution in [3.63, 3.8) is 0 Å². The Bertz CT molecular complexity index is 624. The topological polar surface area (TPSA) is 54.4 Å². The fraction of sp³-hybridized carbons (Fsp3) is 0.647. The summed E-state index contributed by atoms with van der Waals surface area (Å²) in [5.41, 5.74) is 1.21. The lowest BCUT2D eigenvalue weighted by Gasteiger charge is -2.26. The lowest BCUT2D eigenvalue weighted by Crippen LogP contribution is -2.20. The molecule has 0 spiro atoms. The van der Waals surface area contributed by atoms with E-state index in [4.69, 9.17) is 34.8 Å². The maximum absolute atomic E-state index is 11.7. The van der Waals surface area contributed by atoms with Gasteiger partial charge in [-0.3, -0.25) is 4.55 Å². The summed E-state index contributed by atoms with van der Waals surface area (Å²) in [6.07, 6.45) is 7.06. The molecule has 0 fully saturated rings. The molecule has 24 heavy (non-hydrogen) atoms. The van der Waals surface area contributed by atoms with Gasteiger partial charge in [0.15, 0.2) is 3.79 Å². The quantitative estimate of drug-likeness (QED) is 0.286. The molecule has 0 saturated carbocycles. The molecule has 0 aliphatic carbocycles. The summed E-state index contributed by atoms with van der Waals surface area (Å²) < 4.78 is 31.2. The fourth-order valence-electron chi connectivity index (χ4n) is 2.80. The van der Waals surface area contributed by atoms with Gasteiger partial charge in [0.1, 0.15) is 0 Å². The van der Waals surface area contributed by atoms with Gasteiger partial charge in [-0.25, -0.2) is 0 Å². The molecule has 1 N–H and O–H groups in total. The third kappa shape index (κ3) is 7.09. The largest absolute Gasteiger partial charge is 0.294 e. The molecule has 1 unspecified atom stereocenters. The highest BCUT2D eigenvalue weighted by molar-refractivity contribution is 7.85. The summed E-state index contributed by atoms with van der Waals surface area (Å²) in [6.45, 7) is 3.99. The van der Waals surface area contributed by atoms with Crippen molar-refractivity contribution >= 4 is 44.9 Å². The van der Waals surface area contributed by atoms with Gasteiger partial charge in [-0.05, 0) is 25.0 Å². The number of benzene rings is 1. The van der Waals surface area contributed by atoms with Crippen molar-refractivity contribution in [3.05, 3.63) is 29.3 Å². The smallest absolute Gasteiger partial charge is 0.282 e. The molecule has 0 aromatic heterocycles. The van der Waals surface area contributed by atoms with E-state index in [1.807, 2.05) is 6.92 Å². The van der Waals surface area contributed by atoms with Gasteiger partial charge in [-0.1, -0.05) is 97.9 Å². The molecule has 1 atom stereocenters. The van der Waals surface area contributed by atoms with Crippen LogP contribution in [0.3, 0.4) is 0 Å². The first-order valence-electron chi connectivity index (χ1n) is 8.22. The first-order valence-corrected chi connectivity index (χ1v) is 10.8. The summed E-state index contributed by atoms with van der Waals surface area (Å²) in [5.74, 6) is -0.592. The maximum Gasteiger partial charge on any atom is 0.294 e. The number of hydrogen-bond acceptors (Lipinski definition) is 2. The van der Waals surface area contributed by atoms with Crippen LogP contribution in [0, 0.1) is 6.92 Å². The van der Waals surface area contributed by atoms with E-state index in [9.17, 15) is 13.0 Å². The lowest BCUT2D eigenvalue weighted by molar-refractivity contribution is 0.478. The molecule has 7 heteroatoms. The van der Waals surface area contributed by atoms with Crippen LogP contribution in [-0.4, -0.2) is 16.8 Å². The number of rotatable bonds is 9. The summed E-state index contributed by atoms with van der Waals surface area (Å²) in [7, 11) is -4.37. The average molecular weight is 416 g/mol. The predicted molar refractivity (Wildman–Crippen MR) is 102 cm³/mol. The second-order valence-corrected chi connectivity index (χ2v) is 9.93. The zero-order valence-electron chi connectivity index (χ0n) is 14.1. The van der Waals surface area contributed by atoms with E-state index in [1.165, 1.54) is 25.3 Å². The van der Waals surface area contributed by atoms with Crippen molar-refractivity contribution in [2.24, 2.45) is 0 Å². The minimum absolute atomic E-state index is 0.185. The molecule has 1 rings (SSSR count). The molecular formula is C17H25Cl3O3S. The molecule has 3 nitrogen and oxygen atoms in total. The Morgan fingerprint density at radius 1 is 1.08 bits per heavy atom. The normalized spacial score (nSPS) is 13.9. The number of aryl methyl sites for hydroxylation is 1. The molecule has 0 aliphatic rings. The third-order valence-electron chi connectivity index (χ3n) is 4.06. The Labute approximate surface area is 160 Å². The van der Waals surface area contributed by atoms with Gasteiger partial charge in [0.05, 0.1) is 4.90 Å². The molecule has 1 aromatic carbocycles. The molecule has 0 bridgehead atoms. The first-order chi connectivity index (χ1) is 11.1. The van der Waals surface area contributed by atoms with Gasteiger partial charge in [0.25, 0.3) is 10.1 Å². The van der Waals surface area contributed by atoms with Crippen molar-refractivity contribution in [3.8, 4) is 0 Å². The van der Waals surface area contributed by atoms with Crippen LogP contribution in [0.1, 0.15) is 68.9 Å². The highest BCUT2D eigenvalue weighted by atomic mass is 35.6. The highest BCUT2D eigenvalue weighted by Gasteiger charge is 2.36. The van der Waals surface area contributed by atoms with Crippen LogP contribution in [0.4, 0.5) is 0 Å². The van der Waals surface area contributed by atoms with Crippen molar-refractivity contribution in [1.82, 2.24) is 0 Å². The minimum Gasteiger partial charge on any atom is -0.282 e. The highest BCUT2D eigenvalue weighted by Crippen LogP contribution is 2.46. The zero-order chi connectivity index (χ0) is 18.4. The van der Waals surface area contributed by atoms with E-state index in [0.717, 1.165) is 24.8 Å². The predicted octanol–water partition coefficient (Wildman–Crippen LogP) is 6.45. The van der Waals surface area contributed by atoms with E-state index in [2.05, 4.69) is 6.92 Å². The van der Waals surface area contributed by atoms with Gasteiger partial charge in [0.2, 0.25) is 0 Å². The number of unbranched alkanes of at least 4 members (excludes halogenated alkanes) is 5. The van der Waals surface area contributed by atoms with Crippen LogP contribution in [-0.2, 0) is 10.1 Å². The third-order valence-corrected chi connectivity index (χ3v) is 5.78. The fourth-order valence-corrected chi connectivity index (χ4v) is 4.22.